The van der Waals surface area contributed by atoms with Crippen molar-refractivity contribution < 1.29 is 4.74 Å². The van der Waals surface area contributed by atoms with E-state index >= 15 is 0 Å². The van der Waals surface area contributed by atoms with E-state index in [0.29, 0.717) is 12.3 Å². The average molecular weight is 379 g/mol. The molecule has 0 unspecified atom stereocenters. The minimum absolute atomic E-state index is 0.395. The van der Waals surface area contributed by atoms with E-state index in [9.17, 15) is 5.26 Å². The molecule has 3 aromatic rings. The van der Waals surface area contributed by atoms with Crippen molar-refractivity contribution in [2.75, 3.05) is 6.61 Å². The molecule has 0 amide bonds. The van der Waals surface area contributed by atoms with Crippen molar-refractivity contribution >= 4 is 19.1 Å². The lowest BCUT2D eigenvalue weighted by Crippen LogP contribution is -2.22. The third kappa shape index (κ3) is 4.26. The van der Waals surface area contributed by atoms with Gasteiger partial charge in [-0.2, -0.15) is 5.26 Å². The van der Waals surface area contributed by atoms with Crippen molar-refractivity contribution in [1.82, 2.24) is 14.5 Å². The summed E-state index contributed by atoms with van der Waals surface area (Å²) in [6, 6.07) is 9.67. The summed E-state index contributed by atoms with van der Waals surface area (Å²) in [5.41, 5.74) is 5.49. The number of rotatable bonds is 6. The van der Waals surface area contributed by atoms with Crippen molar-refractivity contribution in [1.29, 1.82) is 5.26 Å². The Morgan fingerprint density at radius 1 is 1.19 bits per heavy atom. The molecule has 5 nitrogen and oxygen atoms in total. The second kappa shape index (κ2) is 7.63. The molecule has 0 fully saturated rings. The summed E-state index contributed by atoms with van der Waals surface area (Å²) in [6.07, 6.45) is 3.39. The highest BCUT2D eigenvalue weighted by Gasteiger charge is 2.18. The van der Waals surface area contributed by atoms with Gasteiger partial charge >= 0.3 is 0 Å². The highest BCUT2D eigenvalue weighted by Crippen LogP contribution is 2.31. The smallest absolute Gasteiger partial charge is 0.147 e. The molecular weight excluding hydrogens is 352 g/mol. The predicted molar refractivity (Wildman–Crippen MR) is 111 cm³/mol. The third-order valence-electron chi connectivity index (χ3n) is 4.64. The Balaban J connectivity index is 1.99. The van der Waals surface area contributed by atoms with E-state index in [4.69, 9.17) is 4.74 Å². The molecular formula is C21H26N4OSi. The number of aryl methyl sites for hydroxylation is 2. The fourth-order valence-corrected chi connectivity index (χ4v) is 3.89. The number of fused-ring (bicyclic) bond motifs is 1. The van der Waals surface area contributed by atoms with E-state index in [1.165, 1.54) is 5.56 Å². The molecule has 140 valence electrons. The van der Waals surface area contributed by atoms with Crippen LogP contribution in [0.4, 0.5) is 0 Å². The average Bonchev–Trinajstić information content (AvgIpc) is 2.96. The van der Waals surface area contributed by atoms with E-state index < -0.39 is 8.07 Å². The lowest BCUT2D eigenvalue weighted by Gasteiger charge is -2.15. The van der Waals surface area contributed by atoms with Gasteiger partial charge in [0.05, 0.1) is 16.6 Å². The zero-order valence-electron chi connectivity index (χ0n) is 16.7. The van der Waals surface area contributed by atoms with Crippen molar-refractivity contribution in [3.8, 4) is 17.3 Å². The molecule has 0 saturated heterocycles. The van der Waals surface area contributed by atoms with Crippen LogP contribution in [0.2, 0.25) is 25.7 Å². The quantitative estimate of drug-likeness (QED) is 0.452. The van der Waals surface area contributed by atoms with Crippen molar-refractivity contribution in [3.05, 3.63) is 47.4 Å². The zero-order chi connectivity index (χ0) is 19.6. The first-order chi connectivity index (χ1) is 12.8. The van der Waals surface area contributed by atoms with Crippen LogP contribution in [0.3, 0.4) is 0 Å². The van der Waals surface area contributed by atoms with Gasteiger partial charge in [0.1, 0.15) is 24.8 Å². The van der Waals surface area contributed by atoms with Gasteiger partial charge in [0.25, 0.3) is 0 Å². The molecule has 2 aromatic heterocycles. The molecule has 27 heavy (non-hydrogen) atoms. The number of nitrogens with zero attached hydrogens (tertiary/aromatic N) is 4. The van der Waals surface area contributed by atoms with Gasteiger partial charge in [-0.05, 0) is 25.5 Å². The van der Waals surface area contributed by atoms with Gasteiger partial charge in [0.2, 0.25) is 0 Å². The fourth-order valence-electron chi connectivity index (χ4n) is 3.13. The maximum atomic E-state index is 9.66. The monoisotopic (exact) mass is 378 g/mol. The number of benzene rings is 1. The Labute approximate surface area is 161 Å². The molecule has 0 spiro atoms. The summed E-state index contributed by atoms with van der Waals surface area (Å²) >= 11 is 0. The molecule has 0 atom stereocenters. The van der Waals surface area contributed by atoms with Gasteiger partial charge in [-0.3, -0.25) is 0 Å². The van der Waals surface area contributed by atoms with Crippen molar-refractivity contribution in [2.45, 2.75) is 46.3 Å². The van der Waals surface area contributed by atoms with Gasteiger partial charge in [-0.25, -0.2) is 9.97 Å². The Morgan fingerprint density at radius 3 is 2.63 bits per heavy atom. The molecule has 0 saturated carbocycles. The SMILES string of the molecule is Cc1ccc(-c2ncnc3c2c(C#N)cn3COCC[Si](C)(C)C)c(C)c1. The molecule has 0 aliphatic heterocycles. The highest BCUT2D eigenvalue weighted by molar-refractivity contribution is 6.76. The summed E-state index contributed by atoms with van der Waals surface area (Å²) in [5.74, 6) is 0. The molecule has 0 aliphatic carbocycles. The number of hydrogen-bond acceptors (Lipinski definition) is 4. The van der Waals surface area contributed by atoms with Gasteiger partial charge < -0.3 is 9.30 Å². The second-order valence-corrected chi connectivity index (χ2v) is 13.8. The minimum Gasteiger partial charge on any atom is -0.361 e. The largest absolute Gasteiger partial charge is 0.361 e. The van der Waals surface area contributed by atoms with Gasteiger partial charge in [-0.1, -0.05) is 43.4 Å². The molecule has 0 aliphatic rings. The molecule has 0 N–H and O–H groups in total. The highest BCUT2D eigenvalue weighted by atomic mass is 28.3. The Morgan fingerprint density at radius 2 is 1.96 bits per heavy atom. The van der Waals surface area contributed by atoms with Gasteiger partial charge in [-0.15, -0.1) is 0 Å². The summed E-state index contributed by atoms with van der Waals surface area (Å²) in [7, 11) is -1.13. The number of ether oxygens (including phenoxy) is 1. The molecule has 1 aromatic carbocycles. The van der Waals surface area contributed by atoms with E-state index in [1.54, 1.807) is 6.33 Å². The van der Waals surface area contributed by atoms with E-state index in [-0.39, 0.29) is 0 Å². The molecule has 2 heterocycles. The topological polar surface area (TPSA) is 63.7 Å². The molecule has 3 rings (SSSR count). The van der Waals surface area contributed by atoms with Crippen LogP contribution < -0.4 is 0 Å². The zero-order valence-corrected chi connectivity index (χ0v) is 17.7. The predicted octanol–water partition coefficient (Wildman–Crippen LogP) is 4.90. The van der Waals surface area contributed by atoms with Crippen molar-refractivity contribution in [3.63, 3.8) is 0 Å². The van der Waals surface area contributed by atoms with Crippen LogP contribution in [0.5, 0.6) is 0 Å². The van der Waals surface area contributed by atoms with Crippen molar-refractivity contribution in [2.24, 2.45) is 0 Å². The number of nitriles is 1. The maximum Gasteiger partial charge on any atom is 0.147 e. The lowest BCUT2D eigenvalue weighted by atomic mass is 10.00. The lowest BCUT2D eigenvalue weighted by molar-refractivity contribution is 0.0898. The van der Waals surface area contributed by atoms with Crippen LogP contribution >= 0.6 is 0 Å². The standard InChI is InChI=1S/C21H26N4OSi/c1-15-6-7-18(16(2)10-15)20-19-17(11-22)12-25(21(19)24-13-23-20)14-26-8-9-27(3,4)5/h6-7,10,12-13H,8-9,14H2,1-5H3. The number of aromatic nitrogens is 3. The van der Waals surface area contributed by atoms with Crippen LogP contribution in [-0.4, -0.2) is 29.2 Å². The first-order valence-corrected chi connectivity index (χ1v) is 12.9. The van der Waals surface area contributed by atoms with E-state index in [1.807, 2.05) is 10.8 Å². The molecule has 0 bridgehead atoms. The van der Waals surface area contributed by atoms with Gasteiger partial charge in [0, 0.05) is 26.4 Å². The fraction of sp³-hybridized carbons (Fsp3) is 0.381. The third-order valence-corrected chi connectivity index (χ3v) is 6.34. The second-order valence-electron chi connectivity index (χ2n) is 8.21. The van der Waals surface area contributed by atoms with Crippen LogP contribution in [0, 0.1) is 25.2 Å². The molecule has 6 heteroatoms. The molecule has 0 radical (unpaired) electrons. The Hall–Kier alpha value is -2.49. The van der Waals surface area contributed by atoms with Crippen LogP contribution in [0.15, 0.2) is 30.7 Å². The number of hydrogen-bond donors (Lipinski definition) is 0. The minimum atomic E-state index is -1.13. The van der Waals surface area contributed by atoms with E-state index in [0.717, 1.165) is 40.5 Å². The first kappa shape index (κ1) is 19.3. The van der Waals surface area contributed by atoms with Crippen LogP contribution in [-0.2, 0) is 11.5 Å². The Bertz CT molecular complexity index is 1010. The van der Waals surface area contributed by atoms with E-state index in [2.05, 4.69) is 67.7 Å². The van der Waals surface area contributed by atoms with Crippen LogP contribution in [0.25, 0.3) is 22.3 Å². The van der Waals surface area contributed by atoms with Crippen LogP contribution in [0.1, 0.15) is 16.7 Å². The maximum absolute atomic E-state index is 9.66. The first-order valence-electron chi connectivity index (χ1n) is 9.19. The summed E-state index contributed by atoms with van der Waals surface area (Å²) in [5, 5.41) is 10.5. The normalized spacial score (nSPS) is 11.7. The van der Waals surface area contributed by atoms with Gasteiger partial charge in [0.15, 0.2) is 0 Å². The Kier molecular flexibility index (Phi) is 5.45. The summed E-state index contributed by atoms with van der Waals surface area (Å²) < 4.78 is 7.78. The summed E-state index contributed by atoms with van der Waals surface area (Å²) in [4.78, 5) is 8.95. The summed E-state index contributed by atoms with van der Waals surface area (Å²) in [6.45, 7) is 12.3.